The molecule has 7 nitrogen and oxygen atoms in total. The van der Waals surface area contributed by atoms with E-state index in [4.69, 9.17) is 10.2 Å². The minimum Gasteiger partial charge on any atom is -0.479 e. The smallest absolute Gasteiger partial charge is 0.408 e. The highest BCUT2D eigenvalue weighted by Gasteiger charge is 2.33. The molecule has 0 saturated carbocycles. The predicted octanol–water partition coefficient (Wildman–Crippen LogP) is 0.0888. The summed E-state index contributed by atoms with van der Waals surface area (Å²) in [5, 5.41) is 17.6. The second-order valence-corrected chi connectivity index (χ2v) is 3.29. The third-order valence-corrected chi connectivity index (χ3v) is 2.19. The number of rotatable bonds is 3. The number of amides is 1. The van der Waals surface area contributed by atoms with Gasteiger partial charge >= 0.3 is 18.0 Å². The van der Waals surface area contributed by atoms with Gasteiger partial charge in [-0.15, -0.1) is 0 Å². The molecule has 17 heavy (non-hydrogen) atoms. The number of esters is 1. The van der Waals surface area contributed by atoms with Crippen LogP contribution in [0.3, 0.4) is 0 Å². The lowest BCUT2D eigenvalue weighted by molar-refractivity contribution is -0.140. The Balaban J connectivity index is 2.81. The van der Waals surface area contributed by atoms with Crippen LogP contribution in [-0.2, 0) is 14.3 Å². The van der Waals surface area contributed by atoms with Crippen molar-refractivity contribution >= 4 is 18.0 Å². The minimum atomic E-state index is -1.32. The Labute approximate surface area is 96.6 Å². The molecule has 1 aliphatic rings. The van der Waals surface area contributed by atoms with E-state index in [1.807, 2.05) is 0 Å². The molecule has 0 aliphatic carbocycles. The zero-order valence-corrected chi connectivity index (χ0v) is 8.99. The fourth-order valence-corrected chi connectivity index (χ4v) is 1.38. The molecule has 0 fully saturated rings. The fourth-order valence-electron chi connectivity index (χ4n) is 1.38. The maximum atomic E-state index is 10.8. The summed E-state index contributed by atoms with van der Waals surface area (Å²) in [5.74, 6) is -1.85. The molecular weight excluding hydrogens is 230 g/mol. The minimum absolute atomic E-state index is 0.0696. The first kappa shape index (κ1) is 12.8. The zero-order chi connectivity index (χ0) is 13.0. The van der Waals surface area contributed by atoms with Gasteiger partial charge in [0.15, 0.2) is 6.04 Å². The van der Waals surface area contributed by atoms with Crippen molar-refractivity contribution in [1.29, 1.82) is 0 Å². The van der Waals surface area contributed by atoms with Crippen LogP contribution >= 0.6 is 0 Å². The first-order valence-electron chi connectivity index (χ1n) is 4.64. The van der Waals surface area contributed by atoms with E-state index in [-0.39, 0.29) is 6.54 Å². The number of ether oxygens (including phenoxy) is 1. The Bertz CT molecular complexity index is 411. The quantitative estimate of drug-likeness (QED) is 0.536. The van der Waals surface area contributed by atoms with Gasteiger partial charge in [-0.25, -0.2) is 14.4 Å². The SMILES string of the molecule is COC(=O)C=CC1=CC(C(=O)O)N(C(=O)O)C1. The molecule has 0 aromatic carbocycles. The Hall–Kier alpha value is -2.31. The van der Waals surface area contributed by atoms with Crippen molar-refractivity contribution < 1.29 is 29.3 Å². The number of carbonyl (C=O) groups excluding carboxylic acids is 1. The zero-order valence-electron chi connectivity index (χ0n) is 8.99. The summed E-state index contributed by atoms with van der Waals surface area (Å²) in [7, 11) is 1.21. The van der Waals surface area contributed by atoms with Crippen molar-refractivity contribution in [3.63, 3.8) is 0 Å². The van der Waals surface area contributed by atoms with Gasteiger partial charge in [0.2, 0.25) is 0 Å². The Morgan fingerprint density at radius 2 is 2.12 bits per heavy atom. The molecule has 0 saturated heterocycles. The molecule has 7 heteroatoms. The lowest BCUT2D eigenvalue weighted by Crippen LogP contribution is -2.40. The van der Waals surface area contributed by atoms with E-state index in [0.717, 1.165) is 11.0 Å². The molecule has 1 amide bonds. The molecule has 2 N–H and O–H groups in total. The van der Waals surface area contributed by atoms with E-state index in [0.29, 0.717) is 5.57 Å². The number of carboxylic acid groups (broad SMARTS) is 2. The molecule has 92 valence electrons. The third-order valence-electron chi connectivity index (χ3n) is 2.19. The van der Waals surface area contributed by atoms with Gasteiger partial charge in [0.05, 0.1) is 13.7 Å². The van der Waals surface area contributed by atoms with Gasteiger partial charge in [0.25, 0.3) is 0 Å². The molecule has 1 heterocycles. The number of aliphatic carboxylic acids is 1. The van der Waals surface area contributed by atoms with Crippen molar-refractivity contribution in [1.82, 2.24) is 4.90 Å². The maximum Gasteiger partial charge on any atom is 0.408 e. The van der Waals surface area contributed by atoms with Gasteiger partial charge in [-0.3, -0.25) is 4.90 Å². The number of carbonyl (C=O) groups is 3. The first-order chi connectivity index (χ1) is 7.95. The molecular formula is C10H11NO6. The normalized spacial score (nSPS) is 19.2. The van der Waals surface area contributed by atoms with Crippen molar-refractivity contribution in [2.45, 2.75) is 6.04 Å². The van der Waals surface area contributed by atoms with E-state index in [1.165, 1.54) is 19.3 Å². The molecule has 0 bridgehead atoms. The lowest BCUT2D eigenvalue weighted by Gasteiger charge is -2.16. The highest BCUT2D eigenvalue weighted by atomic mass is 16.5. The van der Waals surface area contributed by atoms with Crippen LogP contribution in [0.25, 0.3) is 0 Å². The van der Waals surface area contributed by atoms with E-state index in [2.05, 4.69) is 4.74 Å². The van der Waals surface area contributed by atoms with Crippen LogP contribution < -0.4 is 0 Å². The molecule has 1 unspecified atom stereocenters. The summed E-state index contributed by atoms with van der Waals surface area (Å²) in [6, 6.07) is -1.22. The largest absolute Gasteiger partial charge is 0.479 e. The summed E-state index contributed by atoms with van der Waals surface area (Å²) in [4.78, 5) is 33.1. The van der Waals surface area contributed by atoms with Crippen LogP contribution in [0.2, 0.25) is 0 Å². The van der Waals surface area contributed by atoms with Gasteiger partial charge in [-0.1, -0.05) is 6.08 Å². The van der Waals surface area contributed by atoms with Crippen molar-refractivity contribution in [3.8, 4) is 0 Å². The van der Waals surface area contributed by atoms with E-state index in [1.54, 1.807) is 0 Å². The molecule has 0 aromatic heterocycles. The topological polar surface area (TPSA) is 104 Å². The molecule has 0 radical (unpaired) electrons. The third kappa shape index (κ3) is 3.07. The van der Waals surface area contributed by atoms with Gasteiger partial charge < -0.3 is 14.9 Å². The van der Waals surface area contributed by atoms with Crippen LogP contribution in [-0.4, -0.2) is 52.8 Å². The number of methoxy groups -OCH3 is 1. The first-order valence-corrected chi connectivity index (χ1v) is 4.64. The predicted molar refractivity (Wildman–Crippen MR) is 55.4 cm³/mol. The summed E-state index contributed by atoms with van der Waals surface area (Å²) in [6.07, 6.45) is 2.39. The molecule has 0 aromatic rings. The molecule has 1 rings (SSSR count). The van der Waals surface area contributed by atoms with Crippen LogP contribution in [0.1, 0.15) is 0 Å². The lowest BCUT2D eigenvalue weighted by atomic mass is 10.2. The summed E-state index contributed by atoms with van der Waals surface area (Å²) < 4.78 is 4.36. The highest BCUT2D eigenvalue weighted by Crippen LogP contribution is 2.17. The van der Waals surface area contributed by atoms with Crippen LogP contribution in [0.4, 0.5) is 4.79 Å². The van der Waals surface area contributed by atoms with Gasteiger partial charge in [-0.05, 0) is 11.6 Å². The van der Waals surface area contributed by atoms with Gasteiger partial charge in [0.1, 0.15) is 0 Å². The van der Waals surface area contributed by atoms with E-state index < -0.39 is 24.1 Å². The summed E-state index contributed by atoms with van der Waals surface area (Å²) >= 11 is 0. The monoisotopic (exact) mass is 241 g/mol. The maximum absolute atomic E-state index is 10.8. The Morgan fingerprint density at radius 3 is 2.53 bits per heavy atom. The second kappa shape index (κ2) is 5.15. The standard InChI is InChI=1S/C10H11NO6/c1-17-8(12)3-2-6-4-7(9(13)14)11(5-6)10(15)16/h2-4,7H,5H2,1H3,(H,13,14)(H,15,16). The van der Waals surface area contributed by atoms with Gasteiger partial charge in [0, 0.05) is 6.08 Å². The highest BCUT2D eigenvalue weighted by molar-refractivity contribution is 5.85. The van der Waals surface area contributed by atoms with Crippen LogP contribution in [0, 0.1) is 0 Å². The van der Waals surface area contributed by atoms with Crippen molar-refractivity contribution in [3.05, 3.63) is 23.8 Å². The fraction of sp³-hybridized carbons (Fsp3) is 0.300. The van der Waals surface area contributed by atoms with Gasteiger partial charge in [-0.2, -0.15) is 0 Å². The average molecular weight is 241 g/mol. The number of hydrogen-bond donors (Lipinski definition) is 2. The van der Waals surface area contributed by atoms with Crippen LogP contribution in [0.5, 0.6) is 0 Å². The van der Waals surface area contributed by atoms with Crippen molar-refractivity contribution in [2.75, 3.05) is 13.7 Å². The van der Waals surface area contributed by atoms with Crippen LogP contribution in [0.15, 0.2) is 23.8 Å². The number of hydrogen-bond acceptors (Lipinski definition) is 4. The Kier molecular flexibility index (Phi) is 3.86. The Morgan fingerprint density at radius 1 is 1.47 bits per heavy atom. The molecule has 1 aliphatic heterocycles. The number of nitrogens with zero attached hydrogens (tertiary/aromatic N) is 1. The second-order valence-electron chi connectivity index (χ2n) is 3.29. The molecule has 0 spiro atoms. The number of carboxylic acids is 1. The van der Waals surface area contributed by atoms with Crippen molar-refractivity contribution in [2.24, 2.45) is 0 Å². The summed E-state index contributed by atoms with van der Waals surface area (Å²) in [5.41, 5.74) is 0.435. The summed E-state index contributed by atoms with van der Waals surface area (Å²) in [6.45, 7) is -0.0696. The average Bonchev–Trinajstić information content (AvgIpc) is 2.70. The molecule has 1 atom stereocenters. The van der Waals surface area contributed by atoms with E-state index >= 15 is 0 Å². The van der Waals surface area contributed by atoms with E-state index in [9.17, 15) is 14.4 Å².